The topological polar surface area (TPSA) is 107 Å². The van der Waals surface area contributed by atoms with Gasteiger partial charge in [-0.2, -0.15) is 0 Å². The quantitative estimate of drug-likeness (QED) is 0.375. The van der Waals surface area contributed by atoms with Crippen molar-refractivity contribution in [2.45, 2.75) is 39.5 Å². The molecule has 31 heavy (non-hydrogen) atoms. The average molecular weight is 454 g/mol. The molecule has 0 aromatic heterocycles. The lowest BCUT2D eigenvalue weighted by Gasteiger charge is -2.20. The third kappa shape index (κ3) is 7.11. The maximum Gasteiger partial charge on any atom is 0.254 e. The Hall–Kier alpha value is -2.84. The Labute approximate surface area is 188 Å². The zero-order valence-electron chi connectivity index (χ0n) is 18.0. The van der Waals surface area contributed by atoms with Crippen molar-refractivity contribution < 1.29 is 23.4 Å². The molecule has 0 fully saturated rings. The zero-order chi connectivity index (χ0) is 22.3. The molecule has 9 heteroatoms. The van der Waals surface area contributed by atoms with Crippen molar-refractivity contribution in [3.05, 3.63) is 58.9 Å². The molecule has 0 aliphatic carbocycles. The number of amides is 1. The lowest BCUT2D eigenvalue weighted by molar-refractivity contribution is -0.133. The molecule has 1 amide bonds. The summed E-state index contributed by atoms with van der Waals surface area (Å²) < 4.78 is 30.8. The van der Waals surface area contributed by atoms with E-state index in [-0.39, 0.29) is 43.1 Å². The summed E-state index contributed by atoms with van der Waals surface area (Å²) in [5, 5.41) is 10.4. The van der Waals surface area contributed by atoms with E-state index in [0.717, 1.165) is 0 Å². The number of hydrogen-bond acceptors (Lipinski definition) is 5. The van der Waals surface area contributed by atoms with Crippen molar-refractivity contribution in [2.24, 2.45) is 5.73 Å². The van der Waals surface area contributed by atoms with Crippen LogP contribution in [0.1, 0.15) is 43.6 Å². The van der Waals surface area contributed by atoms with Gasteiger partial charge in [-0.05, 0) is 39.0 Å². The fraction of sp³-hybridized carbons (Fsp3) is 0.364. The molecule has 4 N–H and O–H groups in total. The van der Waals surface area contributed by atoms with Gasteiger partial charge in [0.15, 0.2) is 6.10 Å². The third-order valence-corrected chi connectivity index (χ3v) is 4.26. The first-order valence-electron chi connectivity index (χ1n) is 9.63. The molecular weight excluding hydrogens is 425 g/mol. The first-order valence-corrected chi connectivity index (χ1v) is 9.63. The Morgan fingerprint density at radius 2 is 1.94 bits per heavy atom. The van der Waals surface area contributed by atoms with E-state index in [1.165, 1.54) is 19.2 Å². The second-order valence-electron chi connectivity index (χ2n) is 6.84. The largest absolute Gasteiger partial charge is 0.497 e. The number of carbonyl (C=O) groups is 1. The van der Waals surface area contributed by atoms with Crippen molar-refractivity contribution >= 4 is 24.1 Å². The Bertz CT molecular complexity index is 908. The van der Waals surface area contributed by atoms with Gasteiger partial charge in [0, 0.05) is 35.9 Å². The molecule has 0 saturated carbocycles. The highest BCUT2D eigenvalue weighted by atomic mass is 35.5. The van der Waals surface area contributed by atoms with Crippen LogP contribution in [0.15, 0.2) is 36.4 Å². The summed E-state index contributed by atoms with van der Waals surface area (Å²) in [6.45, 7) is 5.86. The predicted octanol–water partition coefficient (Wildman–Crippen LogP) is 3.72. The van der Waals surface area contributed by atoms with Crippen molar-refractivity contribution in [3.8, 4) is 11.5 Å². The predicted molar refractivity (Wildman–Crippen MR) is 120 cm³/mol. The molecule has 2 aromatic rings. The van der Waals surface area contributed by atoms with Gasteiger partial charge in [0.05, 0.1) is 13.2 Å². The third-order valence-electron chi connectivity index (χ3n) is 4.26. The average Bonchev–Trinajstić information content (AvgIpc) is 2.70. The number of nitrogens with two attached hydrogens (primary N) is 1. The van der Waals surface area contributed by atoms with Crippen LogP contribution < -0.4 is 20.5 Å². The number of methoxy groups -OCH3 is 1. The molecule has 2 rings (SSSR count). The normalized spacial score (nSPS) is 11.4. The van der Waals surface area contributed by atoms with Gasteiger partial charge in [-0.25, -0.2) is 4.39 Å². The summed E-state index contributed by atoms with van der Waals surface area (Å²) in [7, 11) is 1.44. The van der Waals surface area contributed by atoms with Crippen LogP contribution >= 0.6 is 12.4 Å². The van der Waals surface area contributed by atoms with Gasteiger partial charge in [0.2, 0.25) is 0 Å². The number of benzene rings is 2. The number of hydrogen-bond donors (Lipinski definition) is 3. The Morgan fingerprint density at radius 3 is 2.48 bits per heavy atom. The number of nitrogens with one attached hydrogen (secondary N) is 2. The molecule has 0 spiro atoms. The number of rotatable bonds is 10. The number of carbonyl (C=O) groups excluding carboxylic acids is 1. The smallest absolute Gasteiger partial charge is 0.254 e. The highest BCUT2D eigenvalue weighted by Gasteiger charge is 2.25. The van der Waals surface area contributed by atoms with Gasteiger partial charge < -0.3 is 25.3 Å². The van der Waals surface area contributed by atoms with Crippen molar-refractivity contribution in [1.82, 2.24) is 5.32 Å². The van der Waals surface area contributed by atoms with Crippen LogP contribution in [0.4, 0.5) is 4.39 Å². The summed E-state index contributed by atoms with van der Waals surface area (Å²) in [6.07, 6.45) is -1.21. The van der Waals surface area contributed by atoms with Gasteiger partial charge in [-0.3, -0.25) is 10.2 Å². The molecule has 0 bridgehead atoms. The molecule has 7 nitrogen and oxygen atoms in total. The van der Waals surface area contributed by atoms with E-state index in [9.17, 15) is 9.18 Å². The second kappa shape index (κ2) is 12.1. The Kier molecular flexibility index (Phi) is 10.2. The number of ether oxygens (including phenoxy) is 3. The van der Waals surface area contributed by atoms with Crippen LogP contribution in [0.2, 0.25) is 0 Å². The first-order chi connectivity index (χ1) is 14.3. The fourth-order valence-corrected chi connectivity index (χ4v) is 2.83. The SMILES string of the molecule is CCO[C@H](C(=O)NCc1ccc(C(=N)N)cc1OC(C)C)c1ccc(OC)cc1F.Cl. The molecular formula is C22H29ClFN3O4. The van der Waals surface area contributed by atoms with Gasteiger partial charge in [0.25, 0.3) is 5.91 Å². The van der Waals surface area contributed by atoms with Crippen LogP contribution in [-0.2, 0) is 16.1 Å². The summed E-state index contributed by atoms with van der Waals surface area (Å²) in [6, 6.07) is 9.34. The Balaban J connectivity index is 0.00000480. The van der Waals surface area contributed by atoms with E-state index >= 15 is 0 Å². The fourth-order valence-electron chi connectivity index (χ4n) is 2.83. The number of halogens is 2. The van der Waals surface area contributed by atoms with Gasteiger partial charge in [-0.15, -0.1) is 12.4 Å². The molecule has 2 aromatic carbocycles. The van der Waals surface area contributed by atoms with Crippen LogP contribution in [0.5, 0.6) is 11.5 Å². The highest BCUT2D eigenvalue weighted by molar-refractivity contribution is 5.95. The van der Waals surface area contributed by atoms with E-state index < -0.39 is 17.8 Å². The van der Waals surface area contributed by atoms with Crippen molar-refractivity contribution in [1.29, 1.82) is 5.41 Å². The maximum absolute atomic E-state index is 14.5. The number of nitrogen functional groups attached to an aromatic ring is 1. The van der Waals surface area contributed by atoms with E-state index in [1.54, 1.807) is 31.2 Å². The van der Waals surface area contributed by atoms with Crippen molar-refractivity contribution in [2.75, 3.05) is 13.7 Å². The van der Waals surface area contributed by atoms with Crippen LogP contribution in [0.3, 0.4) is 0 Å². The van der Waals surface area contributed by atoms with E-state index in [1.807, 2.05) is 13.8 Å². The number of amidine groups is 1. The van der Waals surface area contributed by atoms with Crippen LogP contribution in [0, 0.1) is 11.2 Å². The zero-order valence-corrected chi connectivity index (χ0v) is 18.8. The minimum atomic E-state index is -1.10. The van der Waals surface area contributed by atoms with Crippen LogP contribution in [0.25, 0.3) is 0 Å². The maximum atomic E-state index is 14.5. The van der Waals surface area contributed by atoms with Crippen LogP contribution in [-0.4, -0.2) is 31.6 Å². The molecule has 0 unspecified atom stereocenters. The monoisotopic (exact) mass is 453 g/mol. The Morgan fingerprint density at radius 1 is 1.23 bits per heavy atom. The minimum absolute atomic E-state index is 0. The summed E-state index contributed by atoms with van der Waals surface area (Å²) >= 11 is 0. The summed E-state index contributed by atoms with van der Waals surface area (Å²) in [5.74, 6) is -0.273. The lowest BCUT2D eigenvalue weighted by atomic mass is 10.1. The van der Waals surface area contributed by atoms with E-state index in [2.05, 4.69) is 5.32 Å². The molecule has 0 aliphatic rings. The molecule has 0 saturated heterocycles. The first kappa shape index (κ1) is 26.2. The summed E-state index contributed by atoms with van der Waals surface area (Å²) in [5.41, 5.74) is 6.90. The minimum Gasteiger partial charge on any atom is -0.497 e. The summed E-state index contributed by atoms with van der Waals surface area (Å²) in [4.78, 5) is 12.8. The highest BCUT2D eigenvalue weighted by Crippen LogP contribution is 2.26. The molecule has 1 atom stereocenters. The van der Waals surface area contributed by atoms with Gasteiger partial charge >= 0.3 is 0 Å². The molecule has 0 radical (unpaired) electrons. The van der Waals surface area contributed by atoms with Gasteiger partial charge in [0.1, 0.15) is 23.2 Å². The van der Waals surface area contributed by atoms with E-state index in [0.29, 0.717) is 22.6 Å². The lowest BCUT2D eigenvalue weighted by Crippen LogP contribution is -2.31. The molecule has 0 aliphatic heterocycles. The van der Waals surface area contributed by atoms with Gasteiger partial charge in [-0.1, -0.05) is 12.1 Å². The molecule has 0 heterocycles. The molecule has 170 valence electrons. The second-order valence-corrected chi connectivity index (χ2v) is 6.84. The van der Waals surface area contributed by atoms with E-state index in [4.69, 9.17) is 25.4 Å². The van der Waals surface area contributed by atoms with Crippen molar-refractivity contribution in [3.63, 3.8) is 0 Å². The standard InChI is InChI=1S/C22H28FN3O4.ClH/c1-5-29-20(17-9-8-16(28-4)11-18(17)23)22(27)26-12-15-7-6-14(21(24)25)10-19(15)30-13(2)3;/h6-11,13,20H,5,12H2,1-4H3,(H3,24,25)(H,26,27);1H/t20-;/m0./s1.